The van der Waals surface area contributed by atoms with Crippen LogP contribution in [0.1, 0.15) is 13.3 Å². The first-order valence-corrected chi connectivity index (χ1v) is 5.32. The van der Waals surface area contributed by atoms with E-state index >= 15 is 0 Å². The predicted molar refractivity (Wildman–Crippen MR) is 58.5 cm³/mol. The Kier molecular flexibility index (Phi) is 4.34. The van der Waals surface area contributed by atoms with Gasteiger partial charge in [-0.15, -0.1) is 11.8 Å². The Morgan fingerprint density at radius 3 is 2.86 bits per heavy atom. The third kappa shape index (κ3) is 2.97. The number of thioether (sulfide) groups is 1. The molecule has 0 saturated heterocycles. The Bertz CT molecular complexity index is 332. The first-order chi connectivity index (χ1) is 6.77. The molecular formula is C11H13NOS. The van der Waals surface area contributed by atoms with Crippen LogP contribution in [0.25, 0.3) is 0 Å². The van der Waals surface area contributed by atoms with Crippen LogP contribution in [0, 0.1) is 11.3 Å². The summed E-state index contributed by atoms with van der Waals surface area (Å²) in [5.74, 6) is 0.877. The lowest BCUT2D eigenvalue weighted by Gasteiger charge is -2.10. The molecule has 1 aromatic carbocycles. The SMILES string of the molecule is COc1ccccc1SC(C)CC#N. The van der Waals surface area contributed by atoms with Gasteiger partial charge in [0, 0.05) is 16.6 Å². The fraction of sp³-hybridized carbons (Fsp3) is 0.364. The summed E-state index contributed by atoms with van der Waals surface area (Å²) in [7, 11) is 1.66. The summed E-state index contributed by atoms with van der Waals surface area (Å²) in [4.78, 5) is 1.10. The number of para-hydroxylation sites is 1. The molecule has 14 heavy (non-hydrogen) atoms. The van der Waals surface area contributed by atoms with Gasteiger partial charge in [0.05, 0.1) is 13.2 Å². The summed E-state index contributed by atoms with van der Waals surface area (Å²) in [6.45, 7) is 2.04. The number of nitrogens with zero attached hydrogens (tertiary/aromatic N) is 1. The second-order valence-electron chi connectivity index (χ2n) is 2.94. The van der Waals surface area contributed by atoms with Crippen LogP contribution in [0.15, 0.2) is 29.2 Å². The van der Waals surface area contributed by atoms with E-state index in [0.29, 0.717) is 11.7 Å². The second-order valence-corrected chi connectivity index (χ2v) is 4.42. The van der Waals surface area contributed by atoms with E-state index in [0.717, 1.165) is 10.6 Å². The van der Waals surface area contributed by atoms with E-state index < -0.39 is 0 Å². The zero-order valence-corrected chi connectivity index (χ0v) is 9.17. The summed E-state index contributed by atoms with van der Waals surface area (Å²) in [5, 5.41) is 8.85. The molecule has 1 unspecified atom stereocenters. The van der Waals surface area contributed by atoms with Gasteiger partial charge in [-0.2, -0.15) is 5.26 Å². The monoisotopic (exact) mass is 207 g/mol. The minimum atomic E-state index is 0.302. The Morgan fingerprint density at radius 1 is 1.50 bits per heavy atom. The summed E-state index contributed by atoms with van der Waals surface area (Å²) in [5.41, 5.74) is 0. The van der Waals surface area contributed by atoms with Gasteiger partial charge < -0.3 is 4.74 Å². The Hall–Kier alpha value is -1.14. The van der Waals surface area contributed by atoms with Crippen molar-refractivity contribution in [2.24, 2.45) is 0 Å². The first kappa shape index (κ1) is 10.9. The van der Waals surface area contributed by atoms with Crippen LogP contribution in [-0.4, -0.2) is 12.4 Å². The van der Waals surface area contributed by atoms with Crippen LogP contribution < -0.4 is 4.74 Å². The zero-order valence-electron chi connectivity index (χ0n) is 8.36. The van der Waals surface area contributed by atoms with Gasteiger partial charge in [-0.3, -0.25) is 0 Å². The zero-order chi connectivity index (χ0) is 10.4. The highest BCUT2D eigenvalue weighted by Crippen LogP contribution is 2.32. The second kappa shape index (κ2) is 5.56. The van der Waals surface area contributed by atoms with Crippen molar-refractivity contribution in [3.63, 3.8) is 0 Å². The molecule has 0 aliphatic rings. The third-order valence-electron chi connectivity index (χ3n) is 1.78. The summed E-state index contributed by atoms with van der Waals surface area (Å²) >= 11 is 1.67. The lowest BCUT2D eigenvalue weighted by molar-refractivity contribution is 0.405. The Labute approximate surface area is 88.9 Å². The Morgan fingerprint density at radius 2 is 2.21 bits per heavy atom. The van der Waals surface area contributed by atoms with Crippen molar-refractivity contribution in [2.75, 3.05) is 7.11 Å². The van der Waals surface area contributed by atoms with E-state index in [4.69, 9.17) is 10.00 Å². The van der Waals surface area contributed by atoms with Gasteiger partial charge in [-0.1, -0.05) is 19.1 Å². The van der Waals surface area contributed by atoms with Gasteiger partial charge in [0.25, 0.3) is 0 Å². The average molecular weight is 207 g/mol. The molecule has 74 valence electrons. The number of methoxy groups -OCH3 is 1. The van der Waals surface area contributed by atoms with E-state index in [-0.39, 0.29) is 0 Å². The molecule has 0 aliphatic heterocycles. The van der Waals surface area contributed by atoms with Gasteiger partial charge >= 0.3 is 0 Å². The summed E-state index contributed by atoms with van der Waals surface area (Å²) in [6, 6.07) is 10.0. The molecule has 0 amide bonds. The van der Waals surface area contributed by atoms with Crippen LogP contribution >= 0.6 is 11.8 Å². The molecule has 3 heteroatoms. The maximum Gasteiger partial charge on any atom is 0.132 e. The molecule has 1 rings (SSSR count). The van der Waals surface area contributed by atoms with Crippen molar-refractivity contribution in [2.45, 2.75) is 23.5 Å². The molecular weight excluding hydrogens is 194 g/mol. The van der Waals surface area contributed by atoms with Crippen LogP contribution in [-0.2, 0) is 0 Å². The van der Waals surface area contributed by atoms with Crippen molar-refractivity contribution in [3.05, 3.63) is 24.3 Å². The molecule has 2 nitrogen and oxygen atoms in total. The normalized spacial score (nSPS) is 11.8. The van der Waals surface area contributed by atoms with E-state index in [1.807, 2.05) is 31.2 Å². The van der Waals surface area contributed by atoms with Crippen molar-refractivity contribution < 1.29 is 4.74 Å². The standard InChI is InChI=1S/C11H13NOS/c1-9(7-8-12)14-11-6-4-3-5-10(11)13-2/h3-6,9H,7H2,1-2H3. The van der Waals surface area contributed by atoms with Gasteiger partial charge in [-0.05, 0) is 12.1 Å². The van der Waals surface area contributed by atoms with Gasteiger partial charge in [0.15, 0.2) is 0 Å². The number of nitriles is 1. The van der Waals surface area contributed by atoms with E-state index in [1.54, 1.807) is 18.9 Å². The molecule has 0 aromatic heterocycles. The third-order valence-corrected chi connectivity index (χ3v) is 2.94. The number of benzene rings is 1. The molecule has 1 aromatic rings. The van der Waals surface area contributed by atoms with Gasteiger partial charge in [0.2, 0.25) is 0 Å². The van der Waals surface area contributed by atoms with E-state index in [1.165, 1.54) is 0 Å². The first-order valence-electron chi connectivity index (χ1n) is 4.44. The topological polar surface area (TPSA) is 33.0 Å². The minimum Gasteiger partial charge on any atom is -0.496 e. The maximum absolute atomic E-state index is 8.55. The number of hydrogen-bond acceptors (Lipinski definition) is 3. The highest BCUT2D eigenvalue weighted by molar-refractivity contribution is 8.00. The molecule has 0 bridgehead atoms. The summed E-state index contributed by atoms with van der Waals surface area (Å²) in [6.07, 6.45) is 0.558. The Balaban J connectivity index is 2.71. The number of rotatable bonds is 4. The van der Waals surface area contributed by atoms with Gasteiger partial charge in [-0.25, -0.2) is 0 Å². The van der Waals surface area contributed by atoms with Gasteiger partial charge in [0.1, 0.15) is 5.75 Å². The maximum atomic E-state index is 8.55. The lowest BCUT2D eigenvalue weighted by atomic mass is 10.3. The van der Waals surface area contributed by atoms with Crippen molar-refractivity contribution in [1.29, 1.82) is 5.26 Å². The van der Waals surface area contributed by atoms with E-state index in [9.17, 15) is 0 Å². The van der Waals surface area contributed by atoms with Crippen LogP contribution in [0.2, 0.25) is 0 Å². The smallest absolute Gasteiger partial charge is 0.132 e. The van der Waals surface area contributed by atoms with Crippen LogP contribution in [0.4, 0.5) is 0 Å². The van der Waals surface area contributed by atoms with Crippen molar-refractivity contribution >= 4 is 11.8 Å². The lowest BCUT2D eigenvalue weighted by Crippen LogP contribution is -1.94. The summed E-state index contributed by atoms with van der Waals surface area (Å²) < 4.78 is 5.22. The molecule has 0 heterocycles. The van der Waals surface area contributed by atoms with Crippen molar-refractivity contribution in [1.82, 2.24) is 0 Å². The molecule has 0 spiro atoms. The number of ether oxygens (including phenoxy) is 1. The number of hydrogen-bond donors (Lipinski definition) is 0. The minimum absolute atomic E-state index is 0.302. The molecule has 0 saturated carbocycles. The molecule has 0 radical (unpaired) electrons. The highest BCUT2D eigenvalue weighted by Gasteiger charge is 2.07. The fourth-order valence-electron chi connectivity index (χ4n) is 1.10. The quantitative estimate of drug-likeness (QED) is 0.711. The average Bonchev–Trinajstić information content (AvgIpc) is 2.19. The molecule has 0 fully saturated rings. The van der Waals surface area contributed by atoms with Crippen molar-refractivity contribution in [3.8, 4) is 11.8 Å². The largest absolute Gasteiger partial charge is 0.496 e. The fourth-order valence-corrected chi connectivity index (χ4v) is 2.12. The van der Waals surface area contributed by atoms with Crippen LogP contribution in [0.5, 0.6) is 5.75 Å². The highest BCUT2D eigenvalue weighted by atomic mass is 32.2. The van der Waals surface area contributed by atoms with Crippen LogP contribution in [0.3, 0.4) is 0 Å². The molecule has 0 N–H and O–H groups in total. The molecule has 0 aliphatic carbocycles. The van der Waals surface area contributed by atoms with E-state index in [2.05, 4.69) is 6.07 Å². The molecule has 1 atom stereocenters. The predicted octanol–water partition coefficient (Wildman–Crippen LogP) is 3.09.